The zero-order valence-electron chi connectivity index (χ0n) is 15.1. The van der Waals surface area contributed by atoms with Crippen LogP contribution in [0.25, 0.3) is 0 Å². The Labute approximate surface area is 152 Å². The number of benzene rings is 1. The summed E-state index contributed by atoms with van der Waals surface area (Å²) in [5.41, 5.74) is 5.35. The summed E-state index contributed by atoms with van der Waals surface area (Å²) < 4.78 is 13.1. The minimum Gasteiger partial charge on any atom is -0.453 e. The van der Waals surface area contributed by atoms with Crippen molar-refractivity contribution in [3.8, 4) is 17.6 Å². The first-order chi connectivity index (χ1) is 12.6. The van der Waals surface area contributed by atoms with E-state index in [2.05, 4.69) is 11.2 Å². The number of rotatable bonds is 5. The van der Waals surface area contributed by atoms with Gasteiger partial charge in [-0.3, -0.25) is 4.68 Å². The van der Waals surface area contributed by atoms with E-state index < -0.39 is 0 Å². The summed E-state index contributed by atoms with van der Waals surface area (Å²) in [5, 5.41) is 18.0. The predicted molar refractivity (Wildman–Crippen MR) is 95.2 cm³/mol. The van der Waals surface area contributed by atoms with Crippen LogP contribution in [-0.2, 0) is 6.54 Å². The van der Waals surface area contributed by atoms with Crippen LogP contribution in [0.4, 0.5) is 0 Å². The van der Waals surface area contributed by atoms with E-state index in [4.69, 9.17) is 14.4 Å². The van der Waals surface area contributed by atoms with Crippen LogP contribution in [0, 0.1) is 32.1 Å². The summed E-state index contributed by atoms with van der Waals surface area (Å²) in [4.78, 5) is 0. The fraction of sp³-hybridized carbons (Fsp3) is 0.350. The molecule has 0 unspecified atom stereocenters. The van der Waals surface area contributed by atoms with Gasteiger partial charge in [0, 0.05) is 12.0 Å². The summed E-state index contributed by atoms with van der Waals surface area (Å²) in [6, 6.07) is 7.91. The number of hydrogen-bond donors (Lipinski definition) is 0. The molecular formula is C20H20N4O2. The highest BCUT2D eigenvalue weighted by Crippen LogP contribution is 2.46. The van der Waals surface area contributed by atoms with E-state index in [9.17, 15) is 5.26 Å². The van der Waals surface area contributed by atoms with E-state index in [1.807, 2.05) is 43.7 Å². The van der Waals surface area contributed by atoms with Gasteiger partial charge < -0.3 is 9.26 Å². The van der Waals surface area contributed by atoms with Crippen LogP contribution in [0.1, 0.15) is 52.5 Å². The van der Waals surface area contributed by atoms with Gasteiger partial charge in [0.15, 0.2) is 5.75 Å². The molecule has 0 N–H and O–H groups in total. The van der Waals surface area contributed by atoms with E-state index >= 15 is 0 Å². The highest BCUT2D eigenvalue weighted by atomic mass is 16.5. The molecule has 2 heterocycles. The molecule has 1 fully saturated rings. The van der Waals surface area contributed by atoms with E-state index in [-0.39, 0.29) is 0 Å². The van der Waals surface area contributed by atoms with Crippen molar-refractivity contribution in [1.29, 1.82) is 5.26 Å². The molecule has 6 heteroatoms. The largest absolute Gasteiger partial charge is 0.453 e. The third-order valence-corrected chi connectivity index (χ3v) is 4.78. The normalized spacial score (nSPS) is 13.6. The molecule has 26 heavy (non-hydrogen) atoms. The van der Waals surface area contributed by atoms with Crippen molar-refractivity contribution < 1.29 is 9.26 Å². The molecule has 0 saturated heterocycles. The standard InChI is InChI=1S/C20H20N4O2/c1-12-8-17(9-13(2)18(12)10-21)26-20-14(3)24(11-16-6-7-25-23-16)22-19(20)15-4-5-15/h6-9,15H,4-5,11H2,1-3H3. The molecule has 1 aliphatic rings. The minimum atomic E-state index is 0.461. The van der Waals surface area contributed by atoms with Crippen molar-refractivity contribution in [3.05, 3.63) is 58.2 Å². The zero-order chi connectivity index (χ0) is 18.3. The molecule has 0 aliphatic heterocycles. The summed E-state index contributed by atoms with van der Waals surface area (Å²) in [6.45, 7) is 6.43. The Morgan fingerprint density at radius 3 is 2.58 bits per heavy atom. The van der Waals surface area contributed by atoms with Crippen molar-refractivity contribution in [1.82, 2.24) is 14.9 Å². The molecule has 0 radical (unpaired) electrons. The maximum Gasteiger partial charge on any atom is 0.171 e. The Hall–Kier alpha value is -3.07. The van der Waals surface area contributed by atoms with Crippen molar-refractivity contribution in [3.63, 3.8) is 0 Å². The van der Waals surface area contributed by atoms with Crippen molar-refractivity contribution in [2.24, 2.45) is 0 Å². The van der Waals surface area contributed by atoms with Gasteiger partial charge >= 0.3 is 0 Å². The Morgan fingerprint density at radius 1 is 1.27 bits per heavy atom. The van der Waals surface area contributed by atoms with Crippen LogP contribution in [0.2, 0.25) is 0 Å². The quantitative estimate of drug-likeness (QED) is 0.683. The molecule has 2 aromatic heterocycles. The Balaban J connectivity index is 1.70. The van der Waals surface area contributed by atoms with E-state index in [1.54, 1.807) is 6.26 Å². The van der Waals surface area contributed by atoms with Gasteiger partial charge in [-0.2, -0.15) is 10.4 Å². The predicted octanol–water partition coefficient (Wildman–Crippen LogP) is 4.39. The summed E-state index contributed by atoms with van der Waals surface area (Å²) >= 11 is 0. The average molecular weight is 348 g/mol. The molecule has 0 spiro atoms. The second-order valence-electron chi connectivity index (χ2n) is 6.87. The topological polar surface area (TPSA) is 76.9 Å². The lowest BCUT2D eigenvalue weighted by Crippen LogP contribution is -2.04. The van der Waals surface area contributed by atoms with Crippen LogP contribution in [-0.4, -0.2) is 14.9 Å². The summed E-state index contributed by atoms with van der Waals surface area (Å²) in [5.74, 6) is 2.02. The van der Waals surface area contributed by atoms with Crippen LogP contribution in [0.5, 0.6) is 11.5 Å². The molecule has 4 rings (SSSR count). The van der Waals surface area contributed by atoms with Gasteiger partial charge in [-0.15, -0.1) is 0 Å². The Bertz CT molecular complexity index is 969. The Kier molecular flexibility index (Phi) is 4.00. The molecule has 0 bridgehead atoms. The van der Waals surface area contributed by atoms with Crippen LogP contribution in [0.15, 0.2) is 29.0 Å². The third kappa shape index (κ3) is 2.97. The fourth-order valence-corrected chi connectivity index (χ4v) is 3.21. The highest BCUT2D eigenvalue weighted by molar-refractivity contribution is 5.50. The van der Waals surface area contributed by atoms with Gasteiger partial charge in [-0.05, 0) is 56.9 Å². The van der Waals surface area contributed by atoms with E-state index in [0.29, 0.717) is 18.0 Å². The lowest BCUT2D eigenvalue weighted by atomic mass is 10.0. The molecule has 1 saturated carbocycles. The first kappa shape index (κ1) is 16.4. The molecule has 0 atom stereocenters. The molecule has 132 valence electrons. The maximum atomic E-state index is 9.26. The van der Waals surface area contributed by atoms with Crippen molar-refractivity contribution >= 4 is 0 Å². The molecule has 1 aliphatic carbocycles. The van der Waals surface area contributed by atoms with E-state index in [0.717, 1.165) is 52.5 Å². The van der Waals surface area contributed by atoms with Crippen molar-refractivity contribution in [2.75, 3.05) is 0 Å². The maximum absolute atomic E-state index is 9.26. The van der Waals surface area contributed by atoms with Gasteiger partial charge in [0.05, 0.1) is 23.9 Å². The van der Waals surface area contributed by atoms with Gasteiger partial charge in [-0.25, -0.2) is 0 Å². The smallest absolute Gasteiger partial charge is 0.171 e. The van der Waals surface area contributed by atoms with Gasteiger partial charge in [0.2, 0.25) is 0 Å². The van der Waals surface area contributed by atoms with Gasteiger partial charge in [0.1, 0.15) is 23.4 Å². The molecule has 0 amide bonds. The highest BCUT2D eigenvalue weighted by Gasteiger charge is 2.32. The zero-order valence-corrected chi connectivity index (χ0v) is 15.1. The lowest BCUT2D eigenvalue weighted by molar-refractivity contribution is 0.407. The third-order valence-electron chi connectivity index (χ3n) is 4.78. The second-order valence-corrected chi connectivity index (χ2v) is 6.87. The molecule has 6 nitrogen and oxygen atoms in total. The SMILES string of the molecule is Cc1cc(Oc2c(C3CC3)nn(Cc3ccon3)c2C)cc(C)c1C#N. The molecular weight excluding hydrogens is 328 g/mol. The molecule has 3 aromatic rings. The Morgan fingerprint density at radius 2 is 2.00 bits per heavy atom. The average Bonchev–Trinajstić information content (AvgIpc) is 3.24. The molecule has 1 aromatic carbocycles. The number of aromatic nitrogens is 3. The number of nitrogens with zero attached hydrogens (tertiary/aromatic N) is 4. The number of hydrogen-bond acceptors (Lipinski definition) is 5. The number of aryl methyl sites for hydroxylation is 2. The van der Waals surface area contributed by atoms with Crippen LogP contribution >= 0.6 is 0 Å². The van der Waals surface area contributed by atoms with E-state index in [1.165, 1.54) is 0 Å². The second kappa shape index (κ2) is 6.34. The van der Waals surface area contributed by atoms with Crippen LogP contribution in [0.3, 0.4) is 0 Å². The number of nitriles is 1. The van der Waals surface area contributed by atoms with Crippen LogP contribution < -0.4 is 4.74 Å². The number of ether oxygens (including phenoxy) is 1. The monoisotopic (exact) mass is 348 g/mol. The van der Waals surface area contributed by atoms with Gasteiger partial charge in [0.25, 0.3) is 0 Å². The summed E-state index contributed by atoms with van der Waals surface area (Å²) in [7, 11) is 0. The van der Waals surface area contributed by atoms with Gasteiger partial charge in [-0.1, -0.05) is 5.16 Å². The minimum absolute atomic E-state index is 0.461. The van der Waals surface area contributed by atoms with Crippen molar-refractivity contribution in [2.45, 2.75) is 46.1 Å². The fourth-order valence-electron chi connectivity index (χ4n) is 3.21. The summed E-state index contributed by atoms with van der Waals surface area (Å²) in [6.07, 6.45) is 3.85. The lowest BCUT2D eigenvalue weighted by Gasteiger charge is -2.10. The first-order valence-electron chi connectivity index (χ1n) is 8.72. The first-order valence-corrected chi connectivity index (χ1v) is 8.72.